The molecule has 14 heavy (non-hydrogen) atoms. The average molecular weight is 199 g/mol. The molecule has 4 N–H and O–H groups in total. The van der Waals surface area contributed by atoms with Crippen LogP contribution in [0.25, 0.3) is 0 Å². The lowest BCUT2D eigenvalue weighted by Crippen LogP contribution is -2.55. The molecule has 0 heterocycles. The minimum atomic E-state index is -0.740. The third-order valence-corrected chi connectivity index (χ3v) is 3.26. The summed E-state index contributed by atoms with van der Waals surface area (Å²) in [6, 6.07) is 0. The van der Waals surface area contributed by atoms with E-state index in [2.05, 4.69) is 4.90 Å². The molecular formula is C10H21N3O. The van der Waals surface area contributed by atoms with Gasteiger partial charge >= 0.3 is 0 Å². The maximum Gasteiger partial charge on any atom is 0.237 e. The van der Waals surface area contributed by atoms with E-state index in [0.29, 0.717) is 0 Å². The van der Waals surface area contributed by atoms with Gasteiger partial charge in [-0.2, -0.15) is 0 Å². The number of primary amides is 1. The summed E-state index contributed by atoms with van der Waals surface area (Å²) in [7, 11) is 4.05. The zero-order valence-electron chi connectivity index (χ0n) is 9.12. The Morgan fingerprint density at radius 2 is 2.21 bits per heavy atom. The second-order valence-electron chi connectivity index (χ2n) is 4.59. The van der Waals surface area contributed by atoms with Gasteiger partial charge in [-0.3, -0.25) is 4.79 Å². The summed E-state index contributed by atoms with van der Waals surface area (Å²) in [6.45, 7) is 0.969. The number of rotatable bonds is 4. The lowest BCUT2D eigenvalue weighted by Gasteiger charge is -2.28. The van der Waals surface area contributed by atoms with Crippen molar-refractivity contribution in [3.05, 3.63) is 0 Å². The fraction of sp³-hybridized carbons (Fsp3) is 0.900. The molecule has 1 aliphatic carbocycles. The Hall–Kier alpha value is -0.610. The molecule has 2 unspecified atom stereocenters. The molecule has 0 aromatic heterocycles. The first-order valence-electron chi connectivity index (χ1n) is 5.20. The van der Waals surface area contributed by atoms with Gasteiger partial charge in [-0.1, -0.05) is 6.42 Å². The van der Waals surface area contributed by atoms with Crippen LogP contribution in [0, 0.1) is 5.92 Å². The maximum absolute atomic E-state index is 11.3. The van der Waals surface area contributed by atoms with Gasteiger partial charge in [0, 0.05) is 0 Å². The predicted octanol–water partition coefficient (Wildman–Crippen LogP) is -0.0790. The Balaban J connectivity index is 2.55. The molecule has 0 aromatic carbocycles. The van der Waals surface area contributed by atoms with Crippen molar-refractivity contribution in [1.29, 1.82) is 0 Å². The highest BCUT2D eigenvalue weighted by molar-refractivity contribution is 5.85. The monoisotopic (exact) mass is 199 g/mol. The number of nitrogens with two attached hydrogens (primary N) is 2. The van der Waals surface area contributed by atoms with Crippen LogP contribution in [-0.4, -0.2) is 37.0 Å². The van der Waals surface area contributed by atoms with Crippen LogP contribution in [0.5, 0.6) is 0 Å². The molecule has 2 atom stereocenters. The molecular weight excluding hydrogens is 178 g/mol. The van der Waals surface area contributed by atoms with Gasteiger partial charge in [-0.25, -0.2) is 0 Å². The maximum atomic E-state index is 11.3. The van der Waals surface area contributed by atoms with E-state index in [-0.39, 0.29) is 11.8 Å². The molecule has 82 valence electrons. The summed E-state index contributed by atoms with van der Waals surface area (Å²) in [6.07, 6.45) is 3.78. The van der Waals surface area contributed by atoms with E-state index in [1.165, 1.54) is 0 Å². The van der Waals surface area contributed by atoms with E-state index in [1.54, 1.807) is 0 Å². The van der Waals surface area contributed by atoms with Crippen molar-refractivity contribution >= 4 is 5.91 Å². The van der Waals surface area contributed by atoms with Crippen LogP contribution in [-0.2, 0) is 4.79 Å². The van der Waals surface area contributed by atoms with Gasteiger partial charge in [0.1, 0.15) is 0 Å². The van der Waals surface area contributed by atoms with E-state index in [0.717, 1.165) is 32.2 Å². The molecule has 0 bridgehead atoms. The van der Waals surface area contributed by atoms with Crippen molar-refractivity contribution in [2.45, 2.75) is 31.2 Å². The summed E-state index contributed by atoms with van der Waals surface area (Å²) >= 11 is 0. The van der Waals surface area contributed by atoms with Crippen molar-refractivity contribution in [3.8, 4) is 0 Å². The quantitative estimate of drug-likeness (QED) is 0.665. The first-order valence-corrected chi connectivity index (χ1v) is 5.20. The van der Waals surface area contributed by atoms with Crippen molar-refractivity contribution in [1.82, 2.24) is 4.90 Å². The Bertz CT molecular complexity index is 217. The third kappa shape index (κ3) is 2.25. The summed E-state index contributed by atoms with van der Waals surface area (Å²) in [5.74, 6) is -0.0684. The van der Waals surface area contributed by atoms with Crippen molar-refractivity contribution < 1.29 is 4.79 Å². The van der Waals surface area contributed by atoms with Crippen LogP contribution in [0.15, 0.2) is 0 Å². The topological polar surface area (TPSA) is 72.3 Å². The Morgan fingerprint density at radius 1 is 1.57 bits per heavy atom. The lowest BCUT2D eigenvalue weighted by molar-refractivity contribution is -0.124. The standard InChI is InChI=1S/C10H21N3O/c1-13(2)7-5-8-4-3-6-10(8,12)9(11)14/h8H,3-7,12H2,1-2H3,(H2,11,14). The molecule has 1 amide bonds. The zero-order valence-corrected chi connectivity index (χ0v) is 9.12. The molecule has 0 aliphatic heterocycles. The van der Waals surface area contributed by atoms with Crippen molar-refractivity contribution in [2.24, 2.45) is 17.4 Å². The minimum absolute atomic E-state index is 0.266. The van der Waals surface area contributed by atoms with Gasteiger partial charge in [0.15, 0.2) is 0 Å². The molecule has 0 spiro atoms. The SMILES string of the molecule is CN(C)CCC1CCCC1(N)C(N)=O. The molecule has 0 radical (unpaired) electrons. The van der Waals surface area contributed by atoms with Crippen LogP contribution in [0.2, 0.25) is 0 Å². The highest BCUT2D eigenvalue weighted by Gasteiger charge is 2.43. The summed E-state index contributed by atoms with van der Waals surface area (Å²) < 4.78 is 0. The number of amides is 1. The molecule has 1 saturated carbocycles. The van der Waals surface area contributed by atoms with Crippen molar-refractivity contribution in [3.63, 3.8) is 0 Å². The Kier molecular flexibility index (Phi) is 3.50. The smallest absolute Gasteiger partial charge is 0.237 e. The van der Waals surface area contributed by atoms with Gasteiger partial charge in [0.05, 0.1) is 5.54 Å². The summed E-state index contributed by atoms with van der Waals surface area (Å²) in [5, 5.41) is 0. The predicted molar refractivity (Wildman–Crippen MR) is 56.6 cm³/mol. The Morgan fingerprint density at radius 3 is 2.71 bits per heavy atom. The number of carbonyl (C=O) groups excluding carboxylic acids is 1. The summed E-state index contributed by atoms with van der Waals surface area (Å²) in [5.41, 5.74) is 10.7. The van der Waals surface area contributed by atoms with Crippen LogP contribution in [0.3, 0.4) is 0 Å². The van der Waals surface area contributed by atoms with Gasteiger partial charge in [-0.15, -0.1) is 0 Å². The molecule has 0 saturated heterocycles. The number of hydrogen-bond acceptors (Lipinski definition) is 3. The van der Waals surface area contributed by atoms with E-state index < -0.39 is 5.54 Å². The van der Waals surface area contributed by atoms with E-state index in [1.807, 2.05) is 14.1 Å². The van der Waals surface area contributed by atoms with Crippen LogP contribution in [0.4, 0.5) is 0 Å². The third-order valence-electron chi connectivity index (χ3n) is 3.26. The highest BCUT2D eigenvalue weighted by atomic mass is 16.1. The molecule has 1 rings (SSSR count). The van der Waals surface area contributed by atoms with Gasteiger partial charge in [0.25, 0.3) is 0 Å². The number of carbonyl (C=O) groups is 1. The van der Waals surface area contributed by atoms with Crippen LogP contribution < -0.4 is 11.5 Å². The normalized spacial score (nSPS) is 32.4. The first kappa shape index (κ1) is 11.5. The molecule has 1 fully saturated rings. The minimum Gasteiger partial charge on any atom is -0.368 e. The van der Waals surface area contributed by atoms with Gasteiger partial charge < -0.3 is 16.4 Å². The van der Waals surface area contributed by atoms with E-state index >= 15 is 0 Å². The summed E-state index contributed by atoms with van der Waals surface area (Å²) in [4.78, 5) is 13.4. The second kappa shape index (κ2) is 4.28. The molecule has 0 aromatic rings. The number of nitrogens with zero attached hydrogens (tertiary/aromatic N) is 1. The van der Waals surface area contributed by atoms with Gasteiger partial charge in [0.2, 0.25) is 5.91 Å². The fourth-order valence-electron chi connectivity index (χ4n) is 2.24. The van der Waals surface area contributed by atoms with Crippen LogP contribution >= 0.6 is 0 Å². The fourth-order valence-corrected chi connectivity index (χ4v) is 2.24. The highest BCUT2D eigenvalue weighted by Crippen LogP contribution is 2.35. The molecule has 4 heteroatoms. The largest absolute Gasteiger partial charge is 0.368 e. The lowest BCUT2D eigenvalue weighted by atomic mass is 9.85. The zero-order chi connectivity index (χ0) is 10.8. The number of hydrogen-bond donors (Lipinski definition) is 2. The molecule has 4 nitrogen and oxygen atoms in total. The van der Waals surface area contributed by atoms with Crippen molar-refractivity contribution in [2.75, 3.05) is 20.6 Å². The molecule has 1 aliphatic rings. The van der Waals surface area contributed by atoms with E-state index in [4.69, 9.17) is 11.5 Å². The second-order valence-corrected chi connectivity index (χ2v) is 4.59. The average Bonchev–Trinajstić information content (AvgIpc) is 2.45. The van der Waals surface area contributed by atoms with E-state index in [9.17, 15) is 4.79 Å². The van der Waals surface area contributed by atoms with Gasteiger partial charge in [-0.05, 0) is 45.8 Å². The Labute approximate surface area is 85.6 Å². The van der Waals surface area contributed by atoms with Crippen LogP contribution in [0.1, 0.15) is 25.7 Å². The first-order chi connectivity index (χ1) is 6.47.